The van der Waals surface area contributed by atoms with Crippen molar-refractivity contribution in [2.75, 3.05) is 6.54 Å². The second-order valence-corrected chi connectivity index (χ2v) is 7.54. The third-order valence-corrected chi connectivity index (χ3v) is 4.92. The molecule has 0 bridgehead atoms. The summed E-state index contributed by atoms with van der Waals surface area (Å²) in [6, 6.07) is 9.19. The van der Waals surface area contributed by atoms with Gasteiger partial charge in [0.15, 0.2) is 0 Å². The SMILES string of the molecule is CC(C)(C)NCC1(C2CC2)CCCc2ccccc21. The molecule has 3 rings (SSSR count). The molecule has 1 N–H and O–H groups in total. The first-order valence-electron chi connectivity index (χ1n) is 7.85. The number of aryl methyl sites for hydroxylation is 1. The lowest BCUT2D eigenvalue weighted by Gasteiger charge is -2.42. The van der Waals surface area contributed by atoms with Gasteiger partial charge in [-0.3, -0.25) is 0 Å². The summed E-state index contributed by atoms with van der Waals surface area (Å²) in [4.78, 5) is 0. The standard InChI is InChI=1S/C18H27N/c1-17(2,3)19-13-18(15-10-11-15)12-6-8-14-7-4-5-9-16(14)18/h4-5,7,9,15,19H,6,8,10-13H2,1-3H3. The van der Waals surface area contributed by atoms with Crippen LogP contribution in [0.2, 0.25) is 0 Å². The van der Waals surface area contributed by atoms with Gasteiger partial charge in [-0.15, -0.1) is 0 Å². The first kappa shape index (κ1) is 13.2. The third kappa shape index (κ3) is 2.58. The summed E-state index contributed by atoms with van der Waals surface area (Å²) in [6.07, 6.45) is 6.87. The van der Waals surface area contributed by atoms with Crippen molar-refractivity contribution in [3.8, 4) is 0 Å². The first-order chi connectivity index (χ1) is 9.01. The fraction of sp³-hybridized carbons (Fsp3) is 0.667. The number of benzene rings is 1. The molecule has 2 aliphatic rings. The zero-order valence-electron chi connectivity index (χ0n) is 12.6. The summed E-state index contributed by atoms with van der Waals surface area (Å²) in [7, 11) is 0. The van der Waals surface area contributed by atoms with Gasteiger partial charge in [0.2, 0.25) is 0 Å². The number of hydrogen-bond acceptors (Lipinski definition) is 1. The Balaban J connectivity index is 1.93. The highest BCUT2D eigenvalue weighted by molar-refractivity contribution is 5.39. The van der Waals surface area contributed by atoms with Crippen molar-refractivity contribution in [2.45, 2.75) is 63.8 Å². The smallest absolute Gasteiger partial charge is 0.0109 e. The van der Waals surface area contributed by atoms with E-state index >= 15 is 0 Å². The lowest BCUT2D eigenvalue weighted by Crippen LogP contribution is -2.48. The van der Waals surface area contributed by atoms with E-state index in [2.05, 4.69) is 50.4 Å². The molecule has 0 saturated heterocycles. The molecule has 1 unspecified atom stereocenters. The molecule has 0 radical (unpaired) electrons. The van der Waals surface area contributed by atoms with Gasteiger partial charge in [0, 0.05) is 17.5 Å². The average molecular weight is 257 g/mol. The molecule has 0 heterocycles. The maximum atomic E-state index is 3.79. The highest BCUT2D eigenvalue weighted by Crippen LogP contribution is 2.52. The van der Waals surface area contributed by atoms with Crippen LogP contribution in [0.4, 0.5) is 0 Å². The summed E-state index contributed by atoms with van der Waals surface area (Å²) in [5.74, 6) is 0.920. The van der Waals surface area contributed by atoms with Crippen LogP contribution in [0.15, 0.2) is 24.3 Å². The summed E-state index contributed by atoms with van der Waals surface area (Å²) in [6.45, 7) is 7.99. The molecule has 1 aromatic carbocycles. The van der Waals surface area contributed by atoms with Crippen LogP contribution < -0.4 is 5.32 Å². The van der Waals surface area contributed by atoms with Crippen LogP contribution in [0.5, 0.6) is 0 Å². The number of fused-ring (bicyclic) bond motifs is 1. The van der Waals surface area contributed by atoms with Crippen molar-refractivity contribution in [1.82, 2.24) is 5.32 Å². The summed E-state index contributed by atoms with van der Waals surface area (Å²) in [5, 5.41) is 3.79. The zero-order valence-corrected chi connectivity index (χ0v) is 12.6. The Labute approximate surface area is 117 Å². The minimum atomic E-state index is 0.217. The average Bonchev–Trinajstić information content (AvgIpc) is 3.20. The van der Waals surface area contributed by atoms with Crippen LogP contribution in [-0.2, 0) is 11.8 Å². The fourth-order valence-electron chi connectivity index (χ4n) is 3.76. The molecular formula is C18H27N. The largest absolute Gasteiger partial charge is 0.311 e. The Morgan fingerprint density at radius 1 is 1.21 bits per heavy atom. The van der Waals surface area contributed by atoms with Gasteiger partial charge in [-0.2, -0.15) is 0 Å². The van der Waals surface area contributed by atoms with Gasteiger partial charge >= 0.3 is 0 Å². The van der Waals surface area contributed by atoms with Crippen LogP contribution in [-0.4, -0.2) is 12.1 Å². The minimum Gasteiger partial charge on any atom is -0.311 e. The van der Waals surface area contributed by atoms with E-state index in [0.29, 0.717) is 5.41 Å². The Kier molecular flexibility index (Phi) is 3.21. The lowest BCUT2D eigenvalue weighted by atomic mass is 9.66. The predicted molar refractivity (Wildman–Crippen MR) is 81.5 cm³/mol. The van der Waals surface area contributed by atoms with E-state index in [1.54, 1.807) is 11.1 Å². The van der Waals surface area contributed by atoms with Crippen molar-refractivity contribution < 1.29 is 0 Å². The molecule has 1 heteroatoms. The van der Waals surface area contributed by atoms with Gasteiger partial charge < -0.3 is 5.32 Å². The van der Waals surface area contributed by atoms with Crippen molar-refractivity contribution in [2.24, 2.45) is 5.92 Å². The summed E-state index contributed by atoms with van der Waals surface area (Å²) >= 11 is 0. The van der Waals surface area contributed by atoms with Gasteiger partial charge in [-0.1, -0.05) is 24.3 Å². The Bertz CT molecular complexity index is 453. The van der Waals surface area contributed by atoms with E-state index in [1.165, 1.54) is 32.1 Å². The molecule has 0 amide bonds. The molecule has 1 atom stereocenters. The fourth-order valence-corrected chi connectivity index (χ4v) is 3.76. The molecule has 19 heavy (non-hydrogen) atoms. The maximum absolute atomic E-state index is 3.79. The van der Waals surface area contributed by atoms with E-state index < -0.39 is 0 Å². The molecule has 1 saturated carbocycles. The van der Waals surface area contributed by atoms with Gasteiger partial charge in [0.25, 0.3) is 0 Å². The maximum Gasteiger partial charge on any atom is 0.0109 e. The molecule has 0 spiro atoms. The Morgan fingerprint density at radius 3 is 2.63 bits per heavy atom. The van der Waals surface area contributed by atoms with Crippen molar-refractivity contribution in [3.05, 3.63) is 35.4 Å². The van der Waals surface area contributed by atoms with Crippen LogP contribution >= 0.6 is 0 Å². The van der Waals surface area contributed by atoms with Gasteiger partial charge in [0.05, 0.1) is 0 Å². The van der Waals surface area contributed by atoms with E-state index in [1.807, 2.05) is 0 Å². The quantitative estimate of drug-likeness (QED) is 0.861. The van der Waals surface area contributed by atoms with Gasteiger partial charge in [-0.25, -0.2) is 0 Å². The lowest BCUT2D eigenvalue weighted by molar-refractivity contribution is 0.264. The highest BCUT2D eigenvalue weighted by Gasteiger charge is 2.48. The topological polar surface area (TPSA) is 12.0 Å². The number of hydrogen-bond donors (Lipinski definition) is 1. The Hall–Kier alpha value is -0.820. The van der Waals surface area contributed by atoms with E-state index in [4.69, 9.17) is 0 Å². The predicted octanol–water partition coefficient (Wildman–Crippen LogP) is 4.06. The molecule has 0 aromatic heterocycles. The monoisotopic (exact) mass is 257 g/mol. The first-order valence-corrected chi connectivity index (χ1v) is 7.85. The summed E-state index contributed by atoms with van der Waals surface area (Å²) in [5.41, 5.74) is 3.90. The highest BCUT2D eigenvalue weighted by atomic mass is 15.0. The summed E-state index contributed by atoms with van der Waals surface area (Å²) < 4.78 is 0. The van der Waals surface area contributed by atoms with Crippen LogP contribution in [0.25, 0.3) is 0 Å². The van der Waals surface area contributed by atoms with Crippen molar-refractivity contribution >= 4 is 0 Å². The van der Waals surface area contributed by atoms with Crippen molar-refractivity contribution in [1.29, 1.82) is 0 Å². The molecule has 104 valence electrons. The normalized spacial score (nSPS) is 27.1. The minimum absolute atomic E-state index is 0.217. The van der Waals surface area contributed by atoms with Crippen LogP contribution in [0, 0.1) is 5.92 Å². The van der Waals surface area contributed by atoms with Crippen LogP contribution in [0.1, 0.15) is 57.6 Å². The molecular weight excluding hydrogens is 230 g/mol. The second kappa shape index (κ2) is 4.63. The molecule has 0 aliphatic heterocycles. The molecule has 2 aliphatic carbocycles. The Morgan fingerprint density at radius 2 is 1.95 bits per heavy atom. The van der Waals surface area contributed by atoms with E-state index in [-0.39, 0.29) is 5.54 Å². The molecule has 1 nitrogen and oxygen atoms in total. The molecule has 1 aromatic rings. The number of nitrogens with one attached hydrogen (secondary N) is 1. The molecule has 1 fully saturated rings. The van der Waals surface area contributed by atoms with Crippen LogP contribution in [0.3, 0.4) is 0 Å². The van der Waals surface area contributed by atoms with Gasteiger partial charge in [-0.05, 0) is 69.9 Å². The second-order valence-electron chi connectivity index (χ2n) is 7.54. The third-order valence-electron chi connectivity index (χ3n) is 4.92. The van der Waals surface area contributed by atoms with Gasteiger partial charge in [0.1, 0.15) is 0 Å². The van der Waals surface area contributed by atoms with Crippen molar-refractivity contribution in [3.63, 3.8) is 0 Å². The zero-order chi connectivity index (χ0) is 13.5. The van der Waals surface area contributed by atoms with E-state index in [0.717, 1.165) is 12.5 Å². The van der Waals surface area contributed by atoms with E-state index in [9.17, 15) is 0 Å². The number of rotatable bonds is 3.